The van der Waals surface area contributed by atoms with Crippen LogP contribution >= 0.6 is 11.6 Å². The fraction of sp³-hybridized carbons (Fsp3) is 0.464. The molecule has 0 radical (unpaired) electrons. The van der Waals surface area contributed by atoms with Crippen molar-refractivity contribution in [1.29, 1.82) is 0 Å². The predicted molar refractivity (Wildman–Crippen MR) is 142 cm³/mol. The smallest absolute Gasteiger partial charge is 0.310 e. The minimum atomic E-state index is -1.19. The van der Waals surface area contributed by atoms with Crippen molar-refractivity contribution < 1.29 is 18.7 Å². The van der Waals surface area contributed by atoms with E-state index in [-0.39, 0.29) is 29.1 Å². The van der Waals surface area contributed by atoms with Crippen molar-refractivity contribution in [2.75, 3.05) is 11.9 Å². The van der Waals surface area contributed by atoms with Crippen LogP contribution in [0, 0.1) is 24.0 Å². The summed E-state index contributed by atoms with van der Waals surface area (Å²) in [6, 6.07) is 8.29. The highest BCUT2D eigenvalue weighted by Gasteiger charge is 2.45. The fourth-order valence-electron chi connectivity index (χ4n) is 5.66. The summed E-state index contributed by atoms with van der Waals surface area (Å²) in [4.78, 5) is 19.3. The molecule has 2 aliphatic rings. The Bertz CT molecular complexity index is 1340. The van der Waals surface area contributed by atoms with Gasteiger partial charge in [0, 0.05) is 36.3 Å². The van der Waals surface area contributed by atoms with Crippen LogP contribution in [0.25, 0.3) is 0 Å². The molecule has 0 amide bonds. The first kappa shape index (κ1) is 26.6. The van der Waals surface area contributed by atoms with Crippen LogP contribution < -0.4 is 5.32 Å². The number of likely N-dealkylation sites (tertiary alicyclic amines) is 1. The molecule has 3 heterocycles. The summed E-state index contributed by atoms with van der Waals surface area (Å²) in [5.41, 5.74) is 0.899. The lowest BCUT2D eigenvalue weighted by Gasteiger charge is -2.43. The van der Waals surface area contributed by atoms with Crippen molar-refractivity contribution >= 4 is 29.2 Å². The number of aliphatic carboxylic acids is 1. The lowest BCUT2D eigenvalue weighted by Crippen LogP contribution is -2.50. The molecule has 38 heavy (non-hydrogen) atoms. The molecular formula is C28H32ClF2N5O2. The Balaban J connectivity index is 1.41. The molecule has 0 bridgehead atoms. The standard InChI is InChI=1S/C28H32ClF2N5O2/c1-16-11-24(35-34-16)33-23-12-20(18-5-3-6-18)26(31)22(32-23)14-28(27(37)38)9-10-36(17(2)13-28)15-19-7-4-8-21(29)25(19)30/h4,7-8,11-12,17-18H,3,5-6,9-10,13-15H2,1-2H3,(H,37,38)(H2,32,33,34,35)/t17-,28-/m1/s1. The Morgan fingerprint density at radius 2 is 2.05 bits per heavy atom. The third-order valence-corrected chi connectivity index (χ3v) is 8.41. The number of benzene rings is 1. The number of piperidine rings is 1. The molecule has 1 aliphatic carbocycles. The molecule has 0 unspecified atom stereocenters. The highest BCUT2D eigenvalue weighted by Crippen LogP contribution is 2.43. The number of aromatic amines is 1. The molecule has 2 atom stereocenters. The molecule has 2 fully saturated rings. The van der Waals surface area contributed by atoms with Gasteiger partial charge in [0.25, 0.3) is 0 Å². The Hall–Kier alpha value is -3.04. The molecule has 3 aromatic rings. The molecule has 3 N–H and O–H groups in total. The maximum atomic E-state index is 15.8. The molecule has 1 saturated heterocycles. The number of carboxylic acids is 1. The van der Waals surface area contributed by atoms with Crippen molar-refractivity contribution in [2.45, 2.75) is 70.9 Å². The van der Waals surface area contributed by atoms with Crippen LogP contribution in [0.2, 0.25) is 5.02 Å². The van der Waals surface area contributed by atoms with Crippen molar-refractivity contribution in [3.63, 3.8) is 0 Å². The second kappa shape index (κ2) is 10.6. The number of H-pyrrole nitrogens is 1. The number of aryl methyl sites for hydroxylation is 1. The Labute approximate surface area is 225 Å². The number of carboxylic acid groups (broad SMARTS) is 1. The van der Waals surface area contributed by atoms with Gasteiger partial charge in [-0.15, -0.1) is 0 Å². The number of hydrogen-bond acceptors (Lipinski definition) is 5. The minimum Gasteiger partial charge on any atom is -0.481 e. The highest BCUT2D eigenvalue weighted by atomic mass is 35.5. The molecule has 1 saturated carbocycles. The first-order valence-corrected chi connectivity index (χ1v) is 13.4. The summed E-state index contributed by atoms with van der Waals surface area (Å²) >= 11 is 5.95. The van der Waals surface area contributed by atoms with E-state index in [2.05, 4.69) is 25.4 Å². The van der Waals surface area contributed by atoms with E-state index in [4.69, 9.17) is 11.6 Å². The van der Waals surface area contributed by atoms with Crippen LogP contribution in [-0.4, -0.2) is 43.7 Å². The van der Waals surface area contributed by atoms with Crippen molar-refractivity contribution in [2.24, 2.45) is 5.41 Å². The third kappa shape index (κ3) is 5.27. The Morgan fingerprint density at radius 1 is 1.26 bits per heavy atom. The maximum Gasteiger partial charge on any atom is 0.310 e. The fourth-order valence-corrected chi connectivity index (χ4v) is 5.86. The van der Waals surface area contributed by atoms with Crippen LogP contribution in [0.1, 0.15) is 67.5 Å². The van der Waals surface area contributed by atoms with E-state index in [0.717, 1.165) is 25.0 Å². The predicted octanol–water partition coefficient (Wildman–Crippen LogP) is 6.35. The molecule has 1 aromatic carbocycles. The largest absolute Gasteiger partial charge is 0.481 e. The SMILES string of the molecule is Cc1cc(Nc2cc(C3CCC3)c(F)c(C[C@@]3(C(=O)O)CCN(Cc4cccc(Cl)c4F)[C@H](C)C3)n2)n[nH]1. The number of hydrogen-bond donors (Lipinski definition) is 3. The van der Waals surface area contributed by atoms with Crippen LogP contribution in [0.5, 0.6) is 0 Å². The number of pyridine rings is 1. The topological polar surface area (TPSA) is 94.1 Å². The Morgan fingerprint density at radius 3 is 2.68 bits per heavy atom. The van der Waals surface area contributed by atoms with Gasteiger partial charge in [-0.05, 0) is 69.7 Å². The number of aromatic nitrogens is 3. The van der Waals surface area contributed by atoms with E-state index < -0.39 is 23.0 Å². The monoisotopic (exact) mass is 543 g/mol. The lowest BCUT2D eigenvalue weighted by molar-refractivity contribution is -0.153. The van der Waals surface area contributed by atoms with Crippen molar-refractivity contribution in [3.05, 3.63) is 69.5 Å². The molecule has 202 valence electrons. The van der Waals surface area contributed by atoms with Crippen LogP contribution in [0.3, 0.4) is 0 Å². The van der Waals surface area contributed by atoms with Crippen LogP contribution in [-0.2, 0) is 17.8 Å². The molecule has 5 rings (SSSR count). The number of rotatable bonds is 8. The van der Waals surface area contributed by atoms with Gasteiger partial charge in [-0.3, -0.25) is 14.8 Å². The summed E-state index contributed by atoms with van der Waals surface area (Å²) in [6.45, 7) is 4.57. The molecular weight excluding hydrogens is 512 g/mol. The van der Waals surface area contributed by atoms with E-state index in [1.165, 1.54) is 6.07 Å². The van der Waals surface area contributed by atoms with Gasteiger partial charge in [-0.25, -0.2) is 13.8 Å². The van der Waals surface area contributed by atoms with Gasteiger partial charge in [-0.1, -0.05) is 30.2 Å². The van der Waals surface area contributed by atoms with Crippen LogP contribution in [0.15, 0.2) is 30.3 Å². The molecule has 0 spiro atoms. The average Bonchev–Trinajstić information content (AvgIpc) is 3.24. The van der Waals surface area contributed by atoms with Gasteiger partial charge in [0.05, 0.1) is 16.1 Å². The van der Waals surface area contributed by atoms with E-state index in [0.29, 0.717) is 48.7 Å². The Kier molecular flexibility index (Phi) is 7.42. The first-order valence-electron chi connectivity index (χ1n) is 13.0. The van der Waals surface area contributed by atoms with Gasteiger partial charge >= 0.3 is 5.97 Å². The number of nitrogens with zero attached hydrogens (tertiary/aromatic N) is 3. The second-order valence-electron chi connectivity index (χ2n) is 10.8. The minimum absolute atomic E-state index is 0.0211. The molecule has 10 heteroatoms. The van der Waals surface area contributed by atoms with E-state index >= 15 is 4.39 Å². The van der Waals surface area contributed by atoms with Gasteiger partial charge in [0.15, 0.2) is 5.82 Å². The van der Waals surface area contributed by atoms with E-state index in [1.807, 2.05) is 19.9 Å². The average molecular weight is 544 g/mol. The highest BCUT2D eigenvalue weighted by molar-refractivity contribution is 6.30. The second-order valence-corrected chi connectivity index (χ2v) is 11.2. The van der Waals surface area contributed by atoms with Crippen molar-refractivity contribution in [1.82, 2.24) is 20.1 Å². The summed E-state index contributed by atoms with van der Waals surface area (Å²) < 4.78 is 30.3. The van der Waals surface area contributed by atoms with Gasteiger partial charge < -0.3 is 10.4 Å². The van der Waals surface area contributed by atoms with Gasteiger partial charge in [0.1, 0.15) is 17.5 Å². The zero-order valence-electron chi connectivity index (χ0n) is 21.5. The normalized spacial score (nSPS) is 22.3. The van der Waals surface area contributed by atoms with Crippen molar-refractivity contribution in [3.8, 4) is 0 Å². The number of anilines is 2. The quantitative estimate of drug-likeness (QED) is 0.306. The zero-order chi connectivity index (χ0) is 27.0. The first-order chi connectivity index (χ1) is 18.1. The van der Waals surface area contributed by atoms with E-state index in [9.17, 15) is 14.3 Å². The molecule has 1 aliphatic heterocycles. The summed E-state index contributed by atoms with van der Waals surface area (Å²) in [5, 5.41) is 20.6. The summed E-state index contributed by atoms with van der Waals surface area (Å²) in [5.74, 6) is -0.705. The summed E-state index contributed by atoms with van der Waals surface area (Å²) in [7, 11) is 0. The summed E-state index contributed by atoms with van der Waals surface area (Å²) in [6.07, 6.45) is 3.41. The molecule has 2 aromatic heterocycles. The third-order valence-electron chi connectivity index (χ3n) is 8.11. The number of halogens is 3. The molecule has 7 nitrogen and oxygen atoms in total. The van der Waals surface area contributed by atoms with Gasteiger partial charge in [-0.2, -0.15) is 5.10 Å². The number of carbonyl (C=O) groups is 1. The number of nitrogens with one attached hydrogen (secondary N) is 2. The van der Waals surface area contributed by atoms with Gasteiger partial charge in [0.2, 0.25) is 0 Å². The zero-order valence-corrected chi connectivity index (χ0v) is 22.3. The maximum absolute atomic E-state index is 15.8. The van der Waals surface area contributed by atoms with E-state index in [1.54, 1.807) is 18.2 Å². The lowest BCUT2D eigenvalue weighted by atomic mass is 9.71. The van der Waals surface area contributed by atoms with Crippen LogP contribution in [0.4, 0.5) is 20.4 Å².